The molecule has 1 aliphatic heterocycles. The fourth-order valence-electron chi connectivity index (χ4n) is 2.92. The lowest BCUT2D eigenvalue weighted by Gasteiger charge is -2.28. The highest BCUT2D eigenvalue weighted by Gasteiger charge is 2.11. The first-order valence-corrected chi connectivity index (χ1v) is 9.16. The molecule has 0 spiro atoms. The van der Waals surface area contributed by atoms with Crippen LogP contribution < -0.4 is 15.5 Å². The van der Waals surface area contributed by atoms with Gasteiger partial charge in [0.15, 0.2) is 0 Å². The first-order valence-electron chi connectivity index (χ1n) is 8.78. The molecule has 27 heavy (non-hydrogen) atoms. The SMILES string of the molecule is Clc1nccc(Nc2ccnc(Nc3ccc(N4CC[CH]CC4)cc3)n2)n1. The van der Waals surface area contributed by atoms with Gasteiger partial charge in [-0.15, -0.1) is 0 Å². The molecule has 0 saturated carbocycles. The molecule has 0 bridgehead atoms. The van der Waals surface area contributed by atoms with Crippen LogP contribution in [0.4, 0.5) is 29.0 Å². The minimum absolute atomic E-state index is 0.180. The molecule has 1 aliphatic rings. The third kappa shape index (κ3) is 4.62. The van der Waals surface area contributed by atoms with E-state index in [1.807, 2.05) is 12.1 Å². The van der Waals surface area contributed by atoms with E-state index in [1.54, 1.807) is 24.5 Å². The van der Waals surface area contributed by atoms with E-state index in [1.165, 1.54) is 5.69 Å². The van der Waals surface area contributed by atoms with Gasteiger partial charge in [0.2, 0.25) is 11.2 Å². The van der Waals surface area contributed by atoms with Crippen LogP contribution in [0, 0.1) is 6.42 Å². The highest BCUT2D eigenvalue weighted by Crippen LogP contribution is 2.23. The summed E-state index contributed by atoms with van der Waals surface area (Å²) in [6, 6.07) is 11.8. The second-order valence-electron chi connectivity index (χ2n) is 6.13. The van der Waals surface area contributed by atoms with Crippen molar-refractivity contribution in [3.8, 4) is 0 Å². The number of hydrogen-bond donors (Lipinski definition) is 2. The van der Waals surface area contributed by atoms with Gasteiger partial charge in [0.05, 0.1) is 0 Å². The zero-order valence-electron chi connectivity index (χ0n) is 14.6. The maximum Gasteiger partial charge on any atom is 0.229 e. The maximum absolute atomic E-state index is 5.81. The number of piperidine rings is 1. The molecule has 0 unspecified atom stereocenters. The summed E-state index contributed by atoms with van der Waals surface area (Å²) in [5.41, 5.74) is 2.18. The van der Waals surface area contributed by atoms with E-state index < -0.39 is 0 Å². The van der Waals surface area contributed by atoms with Crippen LogP contribution in [0.15, 0.2) is 48.8 Å². The Morgan fingerprint density at radius 3 is 2.26 bits per heavy atom. The monoisotopic (exact) mass is 380 g/mol. The number of nitrogens with zero attached hydrogens (tertiary/aromatic N) is 5. The van der Waals surface area contributed by atoms with Crippen LogP contribution >= 0.6 is 11.6 Å². The van der Waals surface area contributed by atoms with Crippen molar-refractivity contribution in [3.63, 3.8) is 0 Å². The average Bonchev–Trinajstić information content (AvgIpc) is 2.70. The Kier molecular flexibility index (Phi) is 5.29. The largest absolute Gasteiger partial charge is 0.372 e. The molecule has 7 nitrogen and oxygen atoms in total. The number of benzene rings is 1. The Morgan fingerprint density at radius 1 is 0.815 bits per heavy atom. The van der Waals surface area contributed by atoms with Crippen LogP contribution in [0.5, 0.6) is 0 Å². The quantitative estimate of drug-likeness (QED) is 0.642. The second-order valence-corrected chi connectivity index (χ2v) is 6.46. The van der Waals surface area contributed by atoms with Gasteiger partial charge < -0.3 is 15.5 Å². The van der Waals surface area contributed by atoms with Gasteiger partial charge in [-0.05, 0) is 67.3 Å². The van der Waals surface area contributed by atoms with Crippen LogP contribution in [0.3, 0.4) is 0 Å². The minimum Gasteiger partial charge on any atom is -0.372 e. The molecule has 0 atom stereocenters. The van der Waals surface area contributed by atoms with Crippen LogP contribution in [0.2, 0.25) is 5.28 Å². The number of aromatic nitrogens is 4. The van der Waals surface area contributed by atoms with Crippen molar-refractivity contribution in [2.75, 3.05) is 28.6 Å². The molecule has 3 heterocycles. The van der Waals surface area contributed by atoms with Crippen molar-refractivity contribution in [1.82, 2.24) is 19.9 Å². The summed E-state index contributed by atoms with van der Waals surface area (Å²) in [4.78, 5) is 19.1. The van der Waals surface area contributed by atoms with E-state index in [4.69, 9.17) is 11.6 Å². The normalized spacial score (nSPS) is 14.0. The van der Waals surface area contributed by atoms with E-state index in [0.29, 0.717) is 17.6 Å². The predicted molar refractivity (Wildman–Crippen MR) is 108 cm³/mol. The molecule has 3 aromatic rings. The van der Waals surface area contributed by atoms with Crippen LogP contribution in [-0.4, -0.2) is 33.0 Å². The van der Waals surface area contributed by atoms with E-state index in [0.717, 1.165) is 31.6 Å². The molecule has 2 N–H and O–H groups in total. The molecular weight excluding hydrogens is 362 g/mol. The lowest BCUT2D eigenvalue weighted by molar-refractivity contribution is 0.679. The first kappa shape index (κ1) is 17.5. The standard InChI is InChI=1S/C19H19ClN7/c20-18-21-10-8-16(25-18)24-17-9-11-22-19(26-17)23-14-4-6-15(7-5-14)27-12-2-1-3-13-27/h1,4-11H,2-3,12-13H2,(H2,21,22,23,24,25,26). The summed E-state index contributed by atoms with van der Waals surface area (Å²) in [6.07, 6.45) is 7.90. The van der Waals surface area contributed by atoms with Crippen LogP contribution in [0.1, 0.15) is 12.8 Å². The van der Waals surface area contributed by atoms with Gasteiger partial charge in [-0.3, -0.25) is 0 Å². The third-order valence-corrected chi connectivity index (χ3v) is 4.41. The topological polar surface area (TPSA) is 78.9 Å². The third-order valence-electron chi connectivity index (χ3n) is 4.23. The first-order chi connectivity index (χ1) is 13.3. The van der Waals surface area contributed by atoms with Crippen LogP contribution in [0.25, 0.3) is 0 Å². The molecule has 4 rings (SSSR count). The van der Waals surface area contributed by atoms with Gasteiger partial charge in [-0.25, -0.2) is 15.0 Å². The van der Waals surface area contributed by atoms with Crippen molar-refractivity contribution in [1.29, 1.82) is 0 Å². The van der Waals surface area contributed by atoms with E-state index in [2.05, 4.69) is 54.0 Å². The van der Waals surface area contributed by atoms with E-state index in [-0.39, 0.29) is 5.28 Å². The Hall–Kier alpha value is -2.93. The Labute approximate surface area is 162 Å². The Balaban J connectivity index is 1.43. The minimum atomic E-state index is 0.180. The zero-order valence-corrected chi connectivity index (χ0v) is 15.4. The highest BCUT2D eigenvalue weighted by atomic mass is 35.5. The smallest absolute Gasteiger partial charge is 0.229 e. The molecule has 1 saturated heterocycles. The number of rotatable bonds is 5. The number of hydrogen-bond acceptors (Lipinski definition) is 7. The molecule has 2 aromatic heterocycles. The molecule has 1 radical (unpaired) electrons. The second kappa shape index (κ2) is 8.18. The van der Waals surface area contributed by atoms with Gasteiger partial charge in [0, 0.05) is 36.9 Å². The molecule has 1 fully saturated rings. The molecule has 0 aliphatic carbocycles. The fraction of sp³-hybridized carbons (Fsp3) is 0.211. The lowest BCUT2D eigenvalue weighted by Crippen LogP contribution is -2.29. The lowest BCUT2D eigenvalue weighted by atomic mass is 10.1. The summed E-state index contributed by atoms with van der Waals surface area (Å²) in [5.74, 6) is 1.69. The number of halogens is 1. The van der Waals surface area contributed by atoms with Gasteiger partial charge in [0.1, 0.15) is 11.6 Å². The van der Waals surface area contributed by atoms with Crippen molar-refractivity contribution >= 4 is 40.6 Å². The van der Waals surface area contributed by atoms with Crippen molar-refractivity contribution < 1.29 is 0 Å². The summed E-state index contributed by atoms with van der Waals surface area (Å²) in [6.45, 7) is 2.16. The Morgan fingerprint density at radius 2 is 1.52 bits per heavy atom. The van der Waals surface area contributed by atoms with Gasteiger partial charge in [-0.1, -0.05) is 0 Å². The molecular formula is C19H19ClN7. The van der Waals surface area contributed by atoms with Crippen molar-refractivity contribution in [2.24, 2.45) is 0 Å². The highest BCUT2D eigenvalue weighted by molar-refractivity contribution is 6.28. The summed E-state index contributed by atoms with van der Waals surface area (Å²) in [7, 11) is 0. The fourth-order valence-corrected chi connectivity index (χ4v) is 3.06. The average molecular weight is 381 g/mol. The predicted octanol–water partition coefficient (Wildman–Crippen LogP) is 4.21. The summed E-state index contributed by atoms with van der Waals surface area (Å²) >= 11 is 5.81. The molecule has 1 aromatic carbocycles. The van der Waals surface area contributed by atoms with Gasteiger partial charge >= 0.3 is 0 Å². The maximum atomic E-state index is 5.81. The molecule has 0 amide bonds. The van der Waals surface area contributed by atoms with Gasteiger partial charge in [-0.2, -0.15) is 4.98 Å². The Bertz CT molecular complexity index is 895. The molecule has 137 valence electrons. The van der Waals surface area contributed by atoms with E-state index in [9.17, 15) is 0 Å². The van der Waals surface area contributed by atoms with Crippen molar-refractivity contribution in [3.05, 3.63) is 60.5 Å². The summed E-state index contributed by atoms with van der Waals surface area (Å²) < 4.78 is 0. The number of anilines is 5. The molecule has 8 heteroatoms. The summed E-state index contributed by atoms with van der Waals surface area (Å²) in [5, 5.41) is 6.49. The number of nitrogens with one attached hydrogen (secondary N) is 2. The zero-order chi connectivity index (χ0) is 18.5. The van der Waals surface area contributed by atoms with Gasteiger partial charge in [0.25, 0.3) is 0 Å². The van der Waals surface area contributed by atoms with Crippen molar-refractivity contribution in [2.45, 2.75) is 12.8 Å². The van der Waals surface area contributed by atoms with Crippen LogP contribution in [-0.2, 0) is 0 Å². The van der Waals surface area contributed by atoms with E-state index >= 15 is 0 Å².